The number of ether oxygens (including phenoxy) is 1. The Labute approximate surface area is 145 Å². The highest BCUT2D eigenvalue weighted by atomic mass is 16.5. The van der Waals surface area contributed by atoms with Gasteiger partial charge in [-0.1, -0.05) is 30.3 Å². The van der Waals surface area contributed by atoms with Crippen LogP contribution in [-0.2, 0) is 16.0 Å². The van der Waals surface area contributed by atoms with Gasteiger partial charge in [0, 0.05) is 12.2 Å². The van der Waals surface area contributed by atoms with Crippen molar-refractivity contribution in [1.82, 2.24) is 5.32 Å². The molecule has 1 saturated heterocycles. The molecule has 1 aliphatic heterocycles. The third-order valence-electron chi connectivity index (χ3n) is 4.37. The van der Waals surface area contributed by atoms with Crippen molar-refractivity contribution >= 4 is 11.9 Å². The lowest BCUT2D eigenvalue weighted by atomic mass is 9.98. The van der Waals surface area contributed by atoms with Crippen LogP contribution in [0.25, 0.3) is 0 Å². The highest BCUT2D eigenvalue weighted by Crippen LogP contribution is 2.28. The van der Waals surface area contributed by atoms with Gasteiger partial charge in [0.2, 0.25) is 0 Å². The van der Waals surface area contributed by atoms with Crippen molar-refractivity contribution in [3.8, 4) is 0 Å². The maximum Gasteiger partial charge on any atom is 0.311 e. The second-order valence-electron chi connectivity index (χ2n) is 6.20. The van der Waals surface area contributed by atoms with E-state index in [1.165, 1.54) is 6.26 Å². The van der Waals surface area contributed by atoms with Crippen LogP contribution in [-0.4, -0.2) is 29.7 Å². The van der Waals surface area contributed by atoms with Crippen molar-refractivity contribution in [2.45, 2.75) is 38.3 Å². The molecule has 2 N–H and O–H groups in total. The zero-order valence-corrected chi connectivity index (χ0v) is 14.0. The van der Waals surface area contributed by atoms with Crippen LogP contribution in [0.1, 0.15) is 46.1 Å². The Balaban J connectivity index is 1.86. The minimum absolute atomic E-state index is 0.0959. The first-order valence-electron chi connectivity index (χ1n) is 8.32. The lowest BCUT2D eigenvalue weighted by Gasteiger charge is -2.25. The van der Waals surface area contributed by atoms with E-state index in [4.69, 9.17) is 14.3 Å². The molecule has 1 aliphatic rings. The van der Waals surface area contributed by atoms with Crippen LogP contribution in [0.5, 0.6) is 0 Å². The maximum atomic E-state index is 12.8. The van der Waals surface area contributed by atoms with Crippen molar-refractivity contribution in [3.05, 3.63) is 59.0 Å². The molecule has 132 valence electrons. The van der Waals surface area contributed by atoms with Gasteiger partial charge in [-0.3, -0.25) is 9.59 Å². The summed E-state index contributed by atoms with van der Waals surface area (Å²) >= 11 is 0. The lowest BCUT2D eigenvalue weighted by Crippen LogP contribution is -2.36. The summed E-state index contributed by atoms with van der Waals surface area (Å²) in [6, 6.07) is 9.37. The molecule has 1 aromatic heterocycles. The Morgan fingerprint density at radius 3 is 2.72 bits per heavy atom. The van der Waals surface area contributed by atoms with Crippen LogP contribution < -0.4 is 5.32 Å². The molecule has 25 heavy (non-hydrogen) atoms. The molecule has 1 aromatic carbocycles. The third kappa shape index (κ3) is 3.91. The number of nitrogens with one attached hydrogen (secondary N) is 1. The molecule has 6 heteroatoms. The molecule has 2 atom stereocenters. The number of furan rings is 1. The van der Waals surface area contributed by atoms with E-state index in [1.807, 2.05) is 30.3 Å². The average Bonchev–Trinajstić information content (AvgIpc) is 3.23. The van der Waals surface area contributed by atoms with Gasteiger partial charge < -0.3 is 19.6 Å². The minimum atomic E-state index is -1.04. The highest BCUT2D eigenvalue weighted by molar-refractivity contribution is 5.97. The monoisotopic (exact) mass is 343 g/mol. The van der Waals surface area contributed by atoms with Crippen LogP contribution in [0.15, 0.2) is 41.0 Å². The van der Waals surface area contributed by atoms with Gasteiger partial charge in [0.1, 0.15) is 12.2 Å². The smallest absolute Gasteiger partial charge is 0.311 e. The number of carbonyl (C=O) groups is 2. The van der Waals surface area contributed by atoms with E-state index in [-0.39, 0.29) is 30.2 Å². The molecule has 6 nitrogen and oxygen atoms in total. The zero-order valence-electron chi connectivity index (χ0n) is 14.0. The van der Waals surface area contributed by atoms with E-state index >= 15 is 0 Å². The van der Waals surface area contributed by atoms with E-state index in [0.717, 1.165) is 18.4 Å². The average molecular weight is 343 g/mol. The molecule has 0 spiro atoms. The molecule has 0 radical (unpaired) electrons. The Morgan fingerprint density at radius 1 is 1.32 bits per heavy atom. The summed E-state index contributed by atoms with van der Waals surface area (Å²) in [6.45, 7) is 2.41. The third-order valence-corrected chi connectivity index (χ3v) is 4.37. The molecule has 1 amide bonds. The first-order chi connectivity index (χ1) is 12.1. The fourth-order valence-electron chi connectivity index (χ4n) is 3.20. The normalized spacial score (nSPS) is 18.0. The molecule has 0 bridgehead atoms. The zero-order chi connectivity index (χ0) is 17.8. The molecule has 0 saturated carbocycles. The summed E-state index contributed by atoms with van der Waals surface area (Å²) in [6.07, 6.45) is 2.82. The number of hydrogen-bond acceptors (Lipinski definition) is 4. The summed E-state index contributed by atoms with van der Waals surface area (Å²) in [4.78, 5) is 23.8. The second kappa shape index (κ2) is 7.53. The predicted molar refractivity (Wildman–Crippen MR) is 90.4 cm³/mol. The maximum absolute atomic E-state index is 12.8. The van der Waals surface area contributed by atoms with Gasteiger partial charge in [-0.05, 0) is 25.3 Å². The van der Waals surface area contributed by atoms with E-state index in [0.29, 0.717) is 17.7 Å². The summed E-state index contributed by atoms with van der Waals surface area (Å²) in [5.74, 6) is -1.21. The van der Waals surface area contributed by atoms with Crippen LogP contribution >= 0.6 is 0 Å². The highest BCUT2D eigenvalue weighted by Gasteiger charge is 2.30. The van der Waals surface area contributed by atoms with Crippen molar-refractivity contribution < 1.29 is 23.8 Å². The van der Waals surface area contributed by atoms with Gasteiger partial charge >= 0.3 is 5.97 Å². The van der Waals surface area contributed by atoms with Gasteiger partial charge in [-0.25, -0.2) is 0 Å². The molecular weight excluding hydrogens is 322 g/mol. The molecule has 3 rings (SSSR count). The number of aliphatic carboxylic acids is 1. The Hall–Kier alpha value is -2.60. The number of carbonyl (C=O) groups excluding carboxylic acids is 1. The van der Waals surface area contributed by atoms with Crippen molar-refractivity contribution in [2.75, 3.05) is 6.61 Å². The molecule has 2 unspecified atom stereocenters. The van der Waals surface area contributed by atoms with Gasteiger partial charge in [-0.15, -0.1) is 0 Å². The topological polar surface area (TPSA) is 88.8 Å². The van der Waals surface area contributed by atoms with E-state index in [2.05, 4.69) is 5.32 Å². The molecule has 0 aliphatic carbocycles. The number of benzene rings is 1. The number of aryl methyl sites for hydroxylation is 1. The molecule has 2 heterocycles. The predicted octanol–water partition coefficient (Wildman–Crippen LogP) is 2.87. The Kier molecular flexibility index (Phi) is 5.19. The molecule has 2 aromatic rings. The molecular formula is C19H21NO5. The fourth-order valence-corrected chi connectivity index (χ4v) is 3.20. The summed E-state index contributed by atoms with van der Waals surface area (Å²) in [5.41, 5.74) is 1.87. The van der Waals surface area contributed by atoms with Gasteiger partial charge in [-0.2, -0.15) is 0 Å². The quantitative estimate of drug-likeness (QED) is 0.842. The van der Waals surface area contributed by atoms with Crippen molar-refractivity contribution in [2.24, 2.45) is 0 Å². The van der Waals surface area contributed by atoms with E-state index < -0.39 is 5.97 Å². The van der Waals surface area contributed by atoms with Gasteiger partial charge in [0.15, 0.2) is 0 Å². The van der Waals surface area contributed by atoms with Gasteiger partial charge in [0.05, 0.1) is 24.0 Å². The second-order valence-corrected chi connectivity index (χ2v) is 6.20. The number of hydrogen-bond donors (Lipinski definition) is 2. The first kappa shape index (κ1) is 17.2. The summed E-state index contributed by atoms with van der Waals surface area (Å²) < 4.78 is 11.0. The number of rotatable bonds is 6. The SMILES string of the molecule is Cc1coc(CC(=O)O)c1C(=O)NC(c1ccccc1)C1CCCO1. The van der Waals surface area contributed by atoms with Crippen LogP contribution in [0.3, 0.4) is 0 Å². The first-order valence-corrected chi connectivity index (χ1v) is 8.32. The lowest BCUT2D eigenvalue weighted by molar-refractivity contribution is -0.136. The van der Waals surface area contributed by atoms with Crippen LogP contribution in [0.4, 0.5) is 0 Å². The number of amides is 1. The molecule has 1 fully saturated rings. The standard InChI is InChI=1S/C19H21NO5/c1-12-11-25-15(10-16(21)22)17(12)19(23)20-18(14-8-5-9-24-14)13-6-3-2-4-7-13/h2-4,6-7,11,14,18H,5,8-10H2,1H3,(H,20,23)(H,21,22). The van der Waals surface area contributed by atoms with E-state index in [9.17, 15) is 9.59 Å². The number of carboxylic acid groups (broad SMARTS) is 1. The fraction of sp³-hybridized carbons (Fsp3) is 0.368. The summed E-state index contributed by atoms with van der Waals surface area (Å²) in [7, 11) is 0. The van der Waals surface area contributed by atoms with E-state index in [1.54, 1.807) is 6.92 Å². The van der Waals surface area contributed by atoms with Crippen molar-refractivity contribution in [1.29, 1.82) is 0 Å². The minimum Gasteiger partial charge on any atom is -0.481 e. The largest absolute Gasteiger partial charge is 0.481 e. The summed E-state index contributed by atoms with van der Waals surface area (Å²) in [5, 5.41) is 12.0. The Bertz CT molecular complexity index is 746. The van der Waals surface area contributed by atoms with Crippen LogP contribution in [0.2, 0.25) is 0 Å². The van der Waals surface area contributed by atoms with Crippen LogP contribution in [0, 0.1) is 6.92 Å². The number of carboxylic acids is 1. The Morgan fingerprint density at radius 2 is 2.08 bits per heavy atom. The van der Waals surface area contributed by atoms with Gasteiger partial charge in [0.25, 0.3) is 5.91 Å². The van der Waals surface area contributed by atoms with Crippen molar-refractivity contribution in [3.63, 3.8) is 0 Å².